The minimum Gasteiger partial charge on any atom is -0.369 e. The molecule has 0 aliphatic carbocycles. The molecule has 2 aromatic rings. The summed E-state index contributed by atoms with van der Waals surface area (Å²) in [5.41, 5.74) is 5.63. The fraction of sp³-hybridized carbons (Fsp3) is 0.400. The molecule has 0 radical (unpaired) electrons. The van der Waals surface area contributed by atoms with Gasteiger partial charge in [0.05, 0.1) is 5.39 Å². The van der Waals surface area contributed by atoms with Crippen molar-refractivity contribution >= 4 is 33.3 Å². The van der Waals surface area contributed by atoms with Gasteiger partial charge >= 0.3 is 0 Å². The predicted octanol–water partition coefficient (Wildman–Crippen LogP) is 2.49. The Kier molecular flexibility index (Phi) is 3.01. The van der Waals surface area contributed by atoms with E-state index in [4.69, 9.17) is 5.73 Å². The maximum atomic E-state index is 5.63. The second-order valence-electron chi connectivity index (χ2n) is 3.35. The molecule has 3 N–H and O–H groups in total. The van der Waals surface area contributed by atoms with Crippen LogP contribution >= 0.6 is 11.3 Å². The molecule has 0 aliphatic heterocycles. The number of hydrogen-bond acceptors (Lipinski definition) is 5. The Morgan fingerprint density at radius 1 is 1.47 bits per heavy atom. The number of unbranched alkanes of at least 4 members (excludes halogenated alkanes) is 1. The molecule has 0 aromatic carbocycles. The fourth-order valence-corrected chi connectivity index (χ4v) is 2.16. The monoisotopic (exact) mass is 222 g/mol. The number of fused-ring (bicyclic) bond motifs is 1. The van der Waals surface area contributed by atoms with E-state index in [1.165, 1.54) is 6.42 Å². The van der Waals surface area contributed by atoms with E-state index < -0.39 is 0 Å². The van der Waals surface area contributed by atoms with Crippen LogP contribution in [0.4, 0.5) is 11.8 Å². The Morgan fingerprint density at radius 2 is 2.33 bits per heavy atom. The average Bonchev–Trinajstić information content (AvgIpc) is 2.65. The first kappa shape index (κ1) is 10.2. The molecule has 2 aromatic heterocycles. The summed E-state index contributed by atoms with van der Waals surface area (Å²) in [6.45, 7) is 3.09. The molecule has 4 nitrogen and oxygen atoms in total. The van der Waals surface area contributed by atoms with Crippen LogP contribution in [-0.4, -0.2) is 16.5 Å². The predicted molar refractivity (Wildman–Crippen MR) is 65.2 cm³/mol. The Morgan fingerprint density at radius 3 is 3.13 bits per heavy atom. The molecule has 5 heteroatoms. The van der Waals surface area contributed by atoms with Crippen LogP contribution in [-0.2, 0) is 0 Å². The summed E-state index contributed by atoms with van der Waals surface area (Å²) in [5, 5.41) is 6.36. The standard InChI is InChI=1S/C10H14N4S/c1-2-3-5-12-8-7-4-6-15-9(7)14-10(11)13-8/h4,6H,2-3,5H2,1H3,(H3,11,12,13,14). The lowest BCUT2D eigenvalue weighted by molar-refractivity contribution is 0.832. The summed E-state index contributed by atoms with van der Waals surface area (Å²) in [7, 11) is 0. The zero-order chi connectivity index (χ0) is 10.7. The van der Waals surface area contributed by atoms with Crippen LogP contribution in [0.5, 0.6) is 0 Å². The number of nitrogen functional groups attached to an aromatic ring is 1. The first-order valence-electron chi connectivity index (χ1n) is 5.06. The minimum absolute atomic E-state index is 0.337. The van der Waals surface area contributed by atoms with E-state index in [0.29, 0.717) is 5.95 Å². The van der Waals surface area contributed by atoms with Crippen LogP contribution in [0.3, 0.4) is 0 Å². The number of thiophene rings is 1. The van der Waals surface area contributed by atoms with Crippen LogP contribution in [0, 0.1) is 0 Å². The van der Waals surface area contributed by atoms with Gasteiger partial charge in [0.15, 0.2) is 0 Å². The number of anilines is 2. The fourth-order valence-electron chi connectivity index (χ4n) is 1.39. The normalized spacial score (nSPS) is 10.7. The zero-order valence-electron chi connectivity index (χ0n) is 8.66. The maximum absolute atomic E-state index is 5.63. The molecule has 0 unspecified atom stereocenters. The van der Waals surface area contributed by atoms with E-state index in [1.807, 2.05) is 11.4 Å². The van der Waals surface area contributed by atoms with Gasteiger partial charge in [-0.2, -0.15) is 4.98 Å². The van der Waals surface area contributed by atoms with Gasteiger partial charge in [0.2, 0.25) is 5.95 Å². The van der Waals surface area contributed by atoms with Crippen molar-refractivity contribution in [3.8, 4) is 0 Å². The summed E-state index contributed by atoms with van der Waals surface area (Å²) in [6, 6.07) is 2.02. The maximum Gasteiger partial charge on any atom is 0.223 e. The van der Waals surface area contributed by atoms with Crippen molar-refractivity contribution in [2.24, 2.45) is 0 Å². The van der Waals surface area contributed by atoms with Crippen molar-refractivity contribution in [3.63, 3.8) is 0 Å². The lowest BCUT2D eigenvalue weighted by atomic mass is 10.3. The zero-order valence-corrected chi connectivity index (χ0v) is 9.47. The van der Waals surface area contributed by atoms with Crippen molar-refractivity contribution in [1.82, 2.24) is 9.97 Å². The molecular formula is C10H14N4S. The lowest BCUT2D eigenvalue weighted by Crippen LogP contribution is -2.05. The molecular weight excluding hydrogens is 208 g/mol. The Bertz CT molecular complexity index is 452. The molecule has 0 fully saturated rings. The molecule has 0 saturated heterocycles. The smallest absolute Gasteiger partial charge is 0.223 e. The molecule has 0 atom stereocenters. The van der Waals surface area contributed by atoms with Gasteiger partial charge in [-0.1, -0.05) is 13.3 Å². The van der Waals surface area contributed by atoms with Gasteiger partial charge in [0.25, 0.3) is 0 Å². The van der Waals surface area contributed by atoms with E-state index in [-0.39, 0.29) is 0 Å². The van der Waals surface area contributed by atoms with Gasteiger partial charge < -0.3 is 11.1 Å². The molecule has 15 heavy (non-hydrogen) atoms. The number of nitrogens with two attached hydrogens (primary N) is 1. The molecule has 0 saturated carbocycles. The summed E-state index contributed by atoms with van der Waals surface area (Å²) in [5.74, 6) is 1.19. The lowest BCUT2D eigenvalue weighted by Gasteiger charge is -2.06. The van der Waals surface area contributed by atoms with Gasteiger partial charge in [-0.3, -0.25) is 0 Å². The minimum atomic E-state index is 0.337. The van der Waals surface area contributed by atoms with E-state index in [1.54, 1.807) is 11.3 Å². The van der Waals surface area contributed by atoms with Crippen LogP contribution < -0.4 is 11.1 Å². The first-order chi connectivity index (χ1) is 7.31. The number of nitrogens with one attached hydrogen (secondary N) is 1. The van der Waals surface area contributed by atoms with Crippen molar-refractivity contribution in [1.29, 1.82) is 0 Å². The summed E-state index contributed by atoms with van der Waals surface area (Å²) in [6.07, 6.45) is 2.30. The van der Waals surface area contributed by atoms with Gasteiger partial charge in [0, 0.05) is 6.54 Å². The summed E-state index contributed by atoms with van der Waals surface area (Å²) < 4.78 is 0. The Labute approximate surface area is 92.5 Å². The molecule has 2 heterocycles. The van der Waals surface area contributed by atoms with Gasteiger partial charge in [-0.15, -0.1) is 11.3 Å². The number of hydrogen-bond donors (Lipinski definition) is 2. The second kappa shape index (κ2) is 4.44. The molecule has 80 valence electrons. The quantitative estimate of drug-likeness (QED) is 0.780. The van der Waals surface area contributed by atoms with E-state index >= 15 is 0 Å². The van der Waals surface area contributed by atoms with Gasteiger partial charge in [0.1, 0.15) is 10.6 Å². The second-order valence-corrected chi connectivity index (χ2v) is 4.24. The average molecular weight is 222 g/mol. The third-order valence-electron chi connectivity index (χ3n) is 2.17. The van der Waals surface area contributed by atoms with Crippen LogP contribution in [0.1, 0.15) is 19.8 Å². The SMILES string of the molecule is CCCCNc1nc(N)nc2sccc12. The first-order valence-corrected chi connectivity index (χ1v) is 5.94. The Balaban J connectivity index is 2.27. The largest absolute Gasteiger partial charge is 0.369 e. The number of rotatable bonds is 4. The number of nitrogens with zero attached hydrogens (tertiary/aromatic N) is 2. The molecule has 0 aliphatic rings. The third kappa shape index (κ3) is 2.18. The van der Waals surface area contributed by atoms with E-state index in [2.05, 4.69) is 22.2 Å². The van der Waals surface area contributed by atoms with E-state index in [9.17, 15) is 0 Å². The molecule has 0 amide bonds. The highest BCUT2D eigenvalue weighted by atomic mass is 32.1. The topological polar surface area (TPSA) is 63.8 Å². The Hall–Kier alpha value is -1.36. The number of aromatic nitrogens is 2. The van der Waals surface area contributed by atoms with Crippen LogP contribution in [0.2, 0.25) is 0 Å². The molecule has 0 bridgehead atoms. The highest BCUT2D eigenvalue weighted by Gasteiger charge is 2.05. The van der Waals surface area contributed by atoms with Crippen LogP contribution in [0.25, 0.3) is 10.2 Å². The summed E-state index contributed by atoms with van der Waals surface area (Å²) in [4.78, 5) is 9.32. The van der Waals surface area contributed by atoms with Crippen molar-refractivity contribution in [2.75, 3.05) is 17.6 Å². The van der Waals surface area contributed by atoms with Crippen molar-refractivity contribution < 1.29 is 0 Å². The molecule has 0 spiro atoms. The van der Waals surface area contributed by atoms with Crippen molar-refractivity contribution in [2.45, 2.75) is 19.8 Å². The van der Waals surface area contributed by atoms with Crippen LogP contribution in [0.15, 0.2) is 11.4 Å². The van der Waals surface area contributed by atoms with Crippen molar-refractivity contribution in [3.05, 3.63) is 11.4 Å². The third-order valence-corrected chi connectivity index (χ3v) is 2.97. The highest BCUT2D eigenvalue weighted by molar-refractivity contribution is 7.16. The van der Waals surface area contributed by atoms with E-state index in [0.717, 1.165) is 29.0 Å². The highest BCUT2D eigenvalue weighted by Crippen LogP contribution is 2.25. The molecule has 2 rings (SSSR count). The summed E-state index contributed by atoms with van der Waals surface area (Å²) >= 11 is 1.58. The van der Waals surface area contributed by atoms with Gasteiger partial charge in [-0.05, 0) is 17.9 Å². The van der Waals surface area contributed by atoms with Gasteiger partial charge in [-0.25, -0.2) is 4.98 Å².